The minimum Gasteiger partial charge on any atom is -0.437 e. The second-order valence-electron chi connectivity index (χ2n) is 4.77. The van der Waals surface area contributed by atoms with Gasteiger partial charge in [0.05, 0.1) is 5.02 Å². The van der Waals surface area contributed by atoms with Crippen LogP contribution < -0.4 is 10.5 Å². The summed E-state index contributed by atoms with van der Waals surface area (Å²) in [4.78, 5) is 4.41. The van der Waals surface area contributed by atoms with Crippen molar-refractivity contribution in [3.8, 4) is 11.6 Å². The Morgan fingerprint density at radius 1 is 1.30 bits per heavy atom. The predicted octanol–water partition coefficient (Wildman–Crippen LogP) is 4.25. The van der Waals surface area contributed by atoms with Crippen LogP contribution in [0, 0.1) is 5.82 Å². The first kappa shape index (κ1) is 14.8. The second kappa shape index (κ2) is 6.20. The number of nitrogens with two attached hydrogens (primary N) is 1. The summed E-state index contributed by atoms with van der Waals surface area (Å²) in [5.41, 5.74) is 7.49. The standard InChI is InChI=1S/C15H16ClFN2O/c1-9(2)13-5-10(8-18)6-15(19-13)20-14-4-3-11(17)7-12(14)16/h3-7,9H,8,18H2,1-2H3. The van der Waals surface area contributed by atoms with Crippen molar-refractivity contribution >= 4 is 11.6 Å². The van der Waals surface area contributed by atoms with Gasteiger partial charge in [-0.25, -0.2) is 9.37 Å². The number of ether oxygens (including phenoxy) is 1. The molecule has 0 saturated carbocycles. The lowest BCUT2D eigenvalue weighted by Crippen LogP contribution is -2.02. The van der Waals surface area contributed by atoms with E-state index in [1.54, 1.807) is 6.07 Å². The van der Waals surface area contributed by atoms with Crippen molar-refractivity contribution in [2.75, 3.05) is 0 Å². The third kappa shape index (κ3) is 3.46. The van der Waals surface area contributed by atoms with Crippen molar-refractivity contribution < 1.29 is 9.13 Å². The van der Waals surface area contributed by atoms with Gasteiger partial charge in [-0.05, 0) is 35.7 Å². The molecule has 0 saturated heterocycles. The quantitative estimate of drug-likeness (QED) is 0.917. The average molecular weight is 295 g/mol. The number of pyridine rings is 1. The summed E-state index contributed by atoms with van der Waals surface area (Å²) in [5, 5.41) is 0.205. The van der Waals surface area contributed by atoms with Gasteiger partial charge in [-0.1, -0.05) is 25.4 Å². The fraction of sp³-hybridized carbons (Fsp3) is 0.267. The van der Waals surface area contributed by atoms with Crippen molar-refractivity contribution in [3.63, 3.8) is 0 Å². The lowest BCUT2D eigenvalue weighted by atomic mass is 10.1. The molecule has 0 aliphatic heterocycles. The molecule has 0 aliphatic carbocycles. The highest BCUT2D eigenvalue weighted by molar-refractivity contribution is 6.32. The Bertz CT molecular complexity index is 617. The van der Waals surface area contributed by atoms with Crippen LogP contribution in [0.3, 0.4) is 0 Å². The number of rotatable bonds is 4. The molecule has 0 aliphatic rings. The predicted molar refractivity (Wildman–Crippen MR) is 77.7 cm³/mol. The third-order valence-corrected chi connectivity index (χ3v) is 3.11. The van der Waals surface area contributed by atoms with Crippen molar-refractivity contribution in [3.05, 3.63) is 52.4 Å². The monoisotopic (exact) mass is 294 g/mol. The molecule has 0 radical (unpaired) electrons. The summed E-state index contributed by atoms with van der Waals surface area (Å²) >= 11 is 5.94. The Morgan fingerprint density at radius 2 is 2.05 bits per heavy atom. The first-order chi connectivity index (χ1) is 9.49. The first-order valence-electron chi connectivity index (χ1n) is 6.33. The van der Waals surface area contributed by atoms with Crippen LogP contribution in [-0.4, -0.2) is 4.98 Å². The Morgan fingerprint density at radius 3 is 2.65 bits per heavy atom. The number of benzene rings is 1. The third-order valence-electron chi connectivity index (χ3n) is 2.82. The van der Waals surface area contributed by atoms with Crippen LogP contribution in [0.2, 0.25) is 5.02 Å². The molecule has 0 unspecified atom stereocenters. The number of halogens is 2. The van der Waals surface area contributed by atoms with Crippen molar-refractivity contribution in [2.45, 2.75) is 26.3 Å². The van der Waals surface area contributed by atoms with Gasteiger partial charge in [0.1, 0.15) is 11.6 Å². The molecule has 0 fully saturated rings. The van der Waals surface area contributed by atoms with E-state index >= 15 is 0 Å². The van der Waals surface area contributed by atoms with E-state index in [-0.39, 0.29) is 10.9 Å². The van der Waals surface area contributed by atoms with Crippen LogP contribution in [0.4, 0.5) is 4.39 Å². The van der Waals surface area contributed by atoms with E-state index in [4.69, 9.17) is 22.1 Å². The fourth-order valence-corrected chi connectivity index (χ4v) is 1.92. The van der Waals surface area contributed by atoms with E-state index in [2.05, 4.69) is 4.98 Å². The molecule has 1 heterocycles. The number of aromatic nitrogens is 1. The van der Waals surface area contributed by atoms with E-state index in [1.807, 2.05) is 19.9 Å². The van der Waals surface area contributed by atoms with Gasteiger partial charge < -0.3 is 10.5 Å². The van der Waals surface area contributed by atoms with E-state index < -0.39 is 5.82 Å². The Kier molecular flexibility index (Phi) is 4.57. The molecule has 0 amide bonds. The summed E-state index contributed by atoms with van der Waals surface area (Å²) in [7, 11) is 0. The van der Waals surface area contributed by atoms with Crippen LogP contribution in [0.1, 0.15) is 31.0 Å². The maximum atomic E-state index is 13.0. The van der Waals surface area contributed by atoms with E-state index in [9.17, 15) is 4.39 Å². The normalized spacial score (nSPS) is 10.9. The average Bonchev–Trinajstić information content (AvgIpc) is 2.41. The largest absolute Gasteiger partial charge is 0.437 e. The summed E-state index contributed by atoms with van der Waals surface area (Å²) in [6, 6.07) is 7.67. The van der Waals surface area contributed by atoms with E-state index in [0.29, 0.717) is 18.2 Å². The van der Waals surface area contributed by atoms with Crippen molar-refractivity contribution in [1.29, 1.82) is 0 Å². The SMILES string of the molecule is CC(C)c1cc(CN)cc(Oc2ccc(F)cc2Cl)n1. The Balaban J connectivity index is 2.34. The van der Waals surface area contributed by atoms with Gasteiger partial charge >= 0.3 is 0 Å². The first-order valence-corrected chi connectivity index (χ1v) is 6.71. The maximum Gasteiger partial charge on any atom is 0.219 e. The highest BCUT2D eigenvalue weighted by Crippen LogP contribution is 2.30. The van der Waals surface area contributed by atoms with Gasteiger partial charge in [-0.3, -0.25) is 0 Å². The lowest BCUT2D eigenvalue weighted by Gasteiger charge is -2.12. The van der Waals surface area contributed by atoms with E-state index in [1.165, 1.54) is 18.2 Å². The molecule has 20 heavy (non-hydrogen) atoms. The fourth-order valence-electron chi connectivity index (χ4n) is 1.72. The molecule has 2 aromatic rings. The molecule has 1 aromatic carbocycles. The topological polar surface area (TPSA) is 48.1 Å². The number of hydrogen-bond acceptors (Lipinski definition) is 3. The zero-order valence-corrected chi connectivity index (χ0v) is 12.1. The van der Waals surface area contributed by atoms with Gasteiger partial charge in [0.15, 0.2) is 0 Å². The maximum absolute atomic E-state index is 13.0. The Hall–Kier alpha value is -1.65. The molecule has 2 N–H and O–H groups in total. The van der Waals surface area contributed by atoms with E-state index in [0.717, 1.165) is 11.3 Å². The van der Waals surface area contributed by atoms with Gasteiger partial charge in [0.2, 0.25) is 5.88 Å². The molecular formula is C15H16ClFN2O. The number of nitrogens with zero attached hydrogens (tertiary/aromatic N) is 1. The Labute approximate surface area is 122 Å². The van der Waals surface area contributed by atoms with Crippen molar-refractivity contribution in [1.82, 2.24) is 4.98 Å². The summed E-state index contributed by atoms with van der Waals surface area (Å²) < 4.78 is 18.6. The van der Waals surface area contributed by atoms with Crippen LogP contribution >= 0.6 is 11.6 Å². The molecule has 5 heteroatoms. The molecule has 0 atom stereocenters. The summed E-state index contributed by atoms with van der Waals surface area (Å²) in [6.45, 7) is 4.48. The van der Waals surface area contributed by atoms with Gasteiger partial charge in [-0.15, -0.1) is 0 Å². The van der Waals surface area contributed by atoms with Gasteiger partial charge in [-0.2, -0.15) is 0 Å². The zero-order valence-electron chi connectivity index (χ0n) is 11.4. The molecular weight excluding hydrogens is 279 g/mol. The highest BCUT2D eigenvalue weighted by Gasteiger charge is 2.09. The smallest absolute Gasteiger partial charge is 0.219 e. The van der Waals surface area contributed by atoms with Crippen LogP contribution in [0.15, 0.2) is 30.3 Å². The van der Waals surface area contributed by atoms with Crippen molar-refractivity contribution in [2.24, 2.45) is 5.73 Å². The molecule has 0 bridgehead atoms. The van der Waals surface area contributed by atoms with Crippen LogP contribution in [0.25, 0.3) is 0 Å². The minimum atomic E-state index is -0.408. The van der Waals surface area contributed by atoms with Gasteiger partial charge in [0.25, 0.3) is 0 Å². The lowest BCUT2D eigenvalue weighted by molar-refractivity contribution is 0.457. The molecule has 106 valence electrons. The summed E-state index contributed by atoms with van der Waals surface area (Å²) in [5.74, 6) is 0.621. The molecule has 3 nitrogen and oxygen atoms in total. The van der Waals surface area contributed by atoms with Gasteiger partial charge in [0, 0.05) is 18.3 Å². The highest BCUT2D eigenvalue weighted by atomic mass is 35.5. The molecule has 1 aromatic heterocycles. The second-order valence-corrected chi connectivity index (χ2v) is 5.18. The minimum absolute atomic E-state index is 0.205. The molecule has 0 spiro atoms. The summed E-state index contributed by atoms with van der Waals surface area (Å²) in [6.07, 6.45) is 0. The molecule has 2 rings (SSSR count). The number of hydrogen-bond donors (Lipinski definition) is 1. The zero-order chi connectivity index (χ0) is 14.7. The van der Waals surface area contributed by atoms with Crippen LogP contribution in [-0.2, 0) is 6.54 Å². The van der Waals surface area contributed by atoms with Crippen LogP contribution in [0.5, 0.6) is 11.6 Å².